The quantitative estimate of drug-likeness (QED) is 0.772. The summed E-state index contributed by atoms with van der Waals surface area (Å²) in [5, 5.41) is 0.797. The molecule has 2 aromatic rings. The molecule has 0 unspecified atom stereocenters. The molecule has 0 saturated carbocycles. The van der Waals surface area contributed by atoms with Gasteiger partial charge in [-0.1, -0.05) is 13.8 Å². The minimum Gasteiger partial charge on any atom is -0.494 e. The SMILES string of the molecule is CC.COc1cc2cc(C)n(C(C)=O)c2cc1F. The monoisotopic (exact) mass is 251 g/mol. The summed E-state index contributed by atoms with van der Waals surface area (Å²) in [6.45, 7) is 7.26. The Bertz CT molecular complexity index is 573. The molecule has 0 radical (unpaired) electrons. The zero-order chi connectivity index (χ0) is 13.9. The van der Waals surface area contributed by atoms with Crippen LogP contribution >= 0.6 is 0 Å². The summed E-state index contributed by atoms with van der Waals surface area (Å²) in [5.74, 6) is -0.402. The van der Waals surface area contributed by atoms with Gasteiger partial charge in [-0.3, -0.25) is 9.36 Å². The van der Waals surface area contributed by atoms with Gasteiger partial charge in [-0.05, 0) is 19.1 Å². The maximum Gasteiger partial charge on any atom is 0.228 e. The van der Waals surface area contributed by atoms with Crippen LogP contribution in [0.2, 0.25) is 0 Å². The number of halogens is 1. The van der Waals surface area contributed by atoms with Crippen molar-refractivity contribution in [1.82, 2.24) is 4.57 Å². The summed E-state index contributed by atoms with van der Waals surface area (Å²) in [6.07, 6.45) is 0. The van der Waals surface area contributed by atoms with Gasteiger partial charge in [0.15, 0.2) is 11.6 Å². The molecule has 1 aromatic carbocycles. The molecule has 1 aromatic heterocycles. The molecule has 3 nitrogen and oxygen atoms in total. The van der Waals surface area contributed by atoms with Gasteiger partial charge in [0.25, 0.3) is 0 Å². The molecular weight excluding hydrogens is 233 g/mol. The summed E-state index contributed by atoms with van der Waals surface area (Å²) < 4.78 is 19.9. The average Bonchev–Trinajstić information content (AvgIpc) is 2.65. The van der Waals surface area contributed by atoms with Crippen molar-refractivity contribution in [2.24, 2.45) is 0 Å². The van der Waals surface area contributed by atoms with Crippen LogP contribution in [0.4, 0.5) is 4.39 Å². The first-order chi connectivity index (χ1) is 8.54. The number of carbonyl (C=O) groups excluding carboxylic acids is 1. The molecule has 0 spiro atoms. The van der Waals surface area contributed by atoms with Crippen LogP contribution in [0.1, 0.15) is 31.3 Å². The smallest absolute Gasteiger partial charge is 0.228 e. The average molecular weight is 251 g/mol. The first-order valence-electron chi connectivity index (χ1n) is 5.91. The van der Waals surface area contributed by atoms with E-state index in [1.165, 1.54) is 24.7 Å². The van der Waals surface area contributed by atoms with E-state index in [0.29, 0.717) is 5.52 Å². The van der Waals surface area contributed by atoms with Crippen molar-refractivity contribution >= 4 is 16.8 Å². The second-order valence-corrected chi connectivity index (χ2v) is 3.69. The number of methoxy groups -OCH3 is 1. The molecular formula is C14H18FNO2. The van der Waals surface area contributed by atoms with Gasteiger partial charge in [0.05, 0.1) is 12.6 Å². The van der Waals surface area contributed by atoms with Crippen LogP contribution in [0.3, 0.4) is 0 Å². The van der Waals surface area contributed by atoms with Crippen LogP contribution in [-0.4, -0.2) is 17.6 Å². The van der Waals surface area contributed by atoms with Crippen molar-refractivity contribution in [2.75, 3.05) is 7.11 Å². The second kappa shape index (κ2) is 5.67. The third kappa shape index (κ3) is 2.37. The van der Waals surface area contributed by atoms with Crippen LogP contribution in [0, 0.1) is 12.7 Å². The lowest BCUT2D eigenvalue weighted by Crippen LogP contribution is -2.06. The Hall–Kier alpha value is -1.84. The lowest BCUT2D eigenvalue weighted by atomic mass is 10.2. The summed E-state index contributed by atoms with van der Waals surface area (Å²) in [6, 6.07) is 4.75. The van der Waals surface area contributed by atoms with E-state index in [1.54, 1.807) is 6.07 Å². The summed E-state index contributed by atoms with van der Waals surface area (Å²) in [7, 11) is 1.42. The highest BCUT2D eigenvalue weighted by Crippen LogP contribution is 2.27. The molecule has 0 atom stereocenters. The lowest BCUT2D eigenvalue weighted by Gasteiger charge is -2.04. The van der Waals surface area contributed by atoms with Crippen LogP contribution in [-0.2, 0) is 0 Å². The van der Waals surface area contributed by atoms with E-state index in [9.17, 15) is 9.18 Å². The van der Waals surface area contributed by atoms with Gasteiger partial charge in [0.2, 0.25) is 5.91 Å². The number of fused-ring (bicyclic) bond motifs is 1. The number of rotatable bonds is 1. The zero-order valence-corrected chi connectivity index (χ0v) is 11.4. The predicted molar refractivity (Wildman–Crippen MR) is 70.8 cm³/mol. The normalized spacial score (nSPS) is 9.89. The third-order valence-corrected chi connectivity index (χ3v) is 2.57. The molecule has 98 valence electrons. The number of carbonyl (C=O) groups is 1. The highest BCUT2D eigenvalue weighted by Gasteiger charge is 2.12. The second-order valence-electron chi connectivity index (χ2n) is 3.69. The van der Waals surface area contributed by atoms with Crippen LogP contribution in [0.15, 0.2) is 18.2 Å². The van der Waals surface area contributed by atoms with Crippen molar-refractivity contribution in [3.05, 3.63) is 29.7 Å². The molecule has 2 rings (SSSR count). The van der Waals surface area contributed by atoms with Crippen LogP contribution < -0.4 is 4.74 Å². The van der Waals surface area contributed by atoms with Gasteiger partial charge in [-0.15, -0.1) is 0 Å². The van der Waals surface area contributed by atoms with Crippen molar-refractivity contribution in [2.45, 2.75) is 27.7 Å². The number of nitrogens with zero attached hydrogens (tertiary/aromatic N) is 1. The van der Waals surface area contributed by atoms with E-state index in [2.05, 4.69) is 0 Å². The Morgan fingerprint density at radius 3 is 2.39 bits per heavy atom. The number of aromatic nitrogens is 1. The topological polar surface area (TPSA) is 31.2 Å². The van der Waals surface area contributed by atoms with Gasteiger partial charge in [0.1, 0.15) is 0 Å². The number of hydrogen-bond acceptors (Lipinski definition) is 2. The lowest BCUT2D eigenvalue weighted by molar-refractivity contribution is 0.0939. The van der Waals surface area contributed by atoms with Crippen LogP contribution in [0.25, 0.3) is 10.9 Å². The Kier molecular flexibility index (Phi) is 4.48. The molecule has 0 N–H and O–H groups in total. The van der Waals surface area contributed by atoms with Gasteiger partial charge in [0, 0.05) is 24.1 Å². The molecule has 1 heterocycles. The van der Waals surface area contributed by atoms with E-state index < -0.39 is 5.82 Å². The van der Waals surface area contributed by atoms with Crippen molar-refractivity contribution in [3.8, 4) is 5.75 Å². The minimum atomic E-state index is -0.462. The first-order valence-corrected chi connectivity index (χ1v) is 5.91. The molecule has 0 fully saturated rings. The number of hydrogen-bond donors (Lipinski definition) is 0. The maximum absolute atomic E-state index is 13.5. The van der Waals surface area contributed by atoms with Crippen molar-refractivity contribution in [3.63, 3.8) is 0 Å². The fourth-order valence-electron chi connectivity index (χ4n) is 1.92. The molecule has 18 heavy (non-hydrogen) atoms. The fourth-order valence-corrected chi connectivity index (χ4v) is 1.92. The van der Waals surface area contributed by atoms with E-state index in [4.69, 9.17) is 4.74 Å². The maximum atomic E-state index is 13.5. The Labute approximate surface area is 106 Å². The van der Waals surface area contributed by atoms with Gasteiger partial charge >= 0.3 is 0 Å². The molecule has 0 saturated heterocycles. The predicted octanol–water partition coefficient (Wildman–Crippen LogP) is 3.78. The van der Waals surface area contributed by atoms with E-state index in [-0.39, 0.29) is 11.7 Å². The number of aryl methyl sites for hydroxylation is 1. The molecule has 0 amide bonds. The highest BCUT2D eigenvalue weighted by molar-refractivity contribution is 5.93. The van der Waals surface area contributed by atoms with E-state index >= 15 is 0 Å². The largest absolute Gasteiger partial charge is 0.494 e. The van der Waals surface area contributed by atoms with Crippen LogP contribution in [0.5, 0.6) is 5.75 Å². The zero-order valence-electron chi connectivity index (χ0n) is 11.4. The number of ether oxygens (including phenoxy) is 1. The van der Waals surface area contributed by atoms with Gasteiger partial charge in [-0.2, -0.15) is 0 Å². The van der Waals surface area contributed by atoms with Crippen molar-refractivity contribution < 1.29 is 13.9 Å². The molecule has 0 aliphatic heterocycles. The summed E-state index contributed by atoms with van der Waals surface area (Å²) in [5.41, 5.74) is 1.36. The van der Waals surface area contributed by atoms with Crippen molar-refractivity contribution in [1.29, 1.82) is 0 Å². The summed E-state index contributed by atoms with van der Waals surface area (Å²) in [4.78, 5) is 11.4. The standard InChI is InChI=1S/C12H12FNO2.C2H6/c1-7-4-9-5-12(16-3)10(13)6-11(9)14(7)8(2)15;1-2/h4-6H,1-3H3;1-2H3. The number of benzene rings is 1. The molecule has 4 heteroatoms. The Balaban J connectivity index is 0.000000771. The van der Waals surface area contributed by atoms with Gasteiger partial charge in [-0.25, -0.2) is 4.39 Å². The van der Waals surface area contributed by atoms with E-state index in [1.807, 2.05) is 26.8 Å². The Morgan fingerprint density at radius 2 is 1.89 bits per heavy atom. The van der Waals surface area contributed by atoms with Gasteiger partial charge < -0.3 is 4.74 Å². The highest BCUT2D eigenvalue weighted by atomic mass is 19.1. The fraction of sp³-hybridized carbons (Fsp3) is 0.357. The minimum absolute atomic E-state index is 0.128. The molecule has 0 aliphatic carbocycles. The van der Waals surface area contributed by atoms with E-state index in [0.717, 1.165) is 11.1 Å². The Morgan fingerprint density at radius 1 is 1.28 bits per heavy atom. The molecule has 0 aliphatic rings. The third-order valence-electron chi connectivity index (χ3n) is 2.57. The first kappa shape index (κ1) is 14.2. The molecule has 0 bridgehead atoms. The summed E-state index contributed by atoms with van der Waals surface area (Å²) >= 11 is 0.